The highest BCUT2D eigenvalue weighted by Crippen LogP contribution is 2.44. The van der Waals surface area contributed by atoms with Crippen LogP contribution in [0.15, 0.2) is 84.5 Å². The molecule has 1 fully saturated rings. The molecule has 36 heavy (non-hydrogen) atoms. The van der Waals surface area contributed by atoms with Gasteiger partial charge in [0.1, 0.15) is 0 Å². The maximum atomic E-state index is 9.81. The van der Waals surface area contributed by atoms with E-state index in [0.717, 1.165) is 24.0 Å². The molecule has 2 atom stereocenters. The van der Waals surface area contributed by atoms with Crippen molar-refractivity contribution in [2.75, 3.05) is 6.61 Å². The van der Waals surface area contributed by atoms with Crippen molar-refractivity contribution < 1.29 is 14.0 Å². The first-order valence-electron chi connectivity index (χ1n) is 13.2. The van der Waals surface area contributed by atoms with Gasteiger partial charge in [-0.1, -0.05) is 115 Å². The maximum Gasteiger partial charge on any atom is 0.261 e. The molecule has 0 bridgehead atoms. The van der Waals surface area contributed by atoms with Gasteiger partial charge >= 0.3 is 0 Å². The smallest absolute Gasteiger partial charge is 0.261 e. The molecule has 0 amide bonds. The third kappa shape index (κ3) is 5.86. The molecule has 196 valence electrons. The highest BCUT2D eigenvalue weighted by molar-refractivity contribution is 6.99. The lowest BCUT2D eigenvalue weighted by Gasteiger charge is -2.48. The van der Waals surface area contributed by atoms with Crippen LogP contribution in [0.3, 0.4) is 0 Å². The Hall–Kier alpha value is -1.77. The Bertz CT molecular complexity index is 1010. The summed E-state index contributed by atoms with van der Waals surface area (Å²) in [6.45, 7) is 22.9. The lowest BCUT2D eigenvalue weighted by Crippen LogP contribution is -2.68. The van der Waals surface area contributed by atoms with E-state index < -0.39 is 16.6 Å². The fourth-order valence-corrected chi connectivity index (χ4v) is 11.1. The van der Waals surface area contributed by atoms with Gasteiger partial charge in [-0.3, -0.25) is 0 Å². The van der Waals surface area contributed by atoms with Gasteiger partial charge in [-0.25, -0.2) is 0 Å². The average molecular weight is 523 g/mol. The van der Waals surface area contributed by atoms with Crippen LogP contribution in [0.1, 0.15) is 54.4 Å². The molecule has 1 aliphatic rings. The van der Waals surface area contributed by atoms with E-state index in [9.17, 15) is 5.11 Å². The Balaban J connectivity index is 2.11. The van der Waals surface area contributed by atoms with Crippen molar-refractivity contribution in [1.82, 2.24) is 0 Å². The highest BCUT2D eigenvalue weighted by Gasteiger charge is 2.52. The molecule has 2 aromatic carbocycles. The zero-order valence-electron chi connectivity index (χ0n) is 23.6. The summed E-state index contributed by atoms with van der Waals surface area (Å²) in [4.78, 5) is 0. The van der Waals surface area contributed by atoms with Crippen LogP contribution < -0.4 is 10.4 Å². The minimum atomic E-state index is -2.75. The number of aliphatic hydroxyl groups is 1. The van der Waals surface area contributed by atoms with E-state index in [0.29, 0.717) is 0 Å². The number of hydrogen-bond donors (Lipinski definition) is 1. The molecule has 0 radical (unpaired) electrons. The molecule has 0 saturated heterocycles. The standard InChI is InChI=1S/C31H46O3Si2/c1-24-25(20-21-32)22-26(33-35(8,9)30(2,3)4)23-29(24)34-36(31(5,6)7,27-16-12-10-13-17-27)28-18-14-11-15-19-28/h10-20,26,29,32H,1,21-23H2,2-9H3/t26-,29+/m1/s1. The van der Waals surface area contributed by atoms with Crippen LogP contribution in [-0.2, 0) is 8.85 Å². The summed E-state index contributed by atoms with van der Waals surface area (Å²) >= 11 is 0. The van der Waals surface area contributed by atoms with Gasteiger partial charge in [0.2, 0.25) is 0 Å². The van der Waals surface area contributed by atoms with Crippen molar-refractivity contribution >= 4 is 27.0 Å². The minimum absolute atomic E-state index is 0.00685. The molecule has 0 heterocycles. The van der Waals surface area contributed by atoms with Gasteiger partial charge in [0.15, 0.2) is 8.32 Å². The van der Waals surface area contributed by atoms with Crippen LogP contribution >= 0.6 is 0 Å². The van der Waals surface area contributed by atoms with Crippen molar-refractivity contribution in [3.05, 3.63) is 84.5 Å². The molecule has 3 nitrogen and oxygen atoms in total. The number of benzene rings is 2. The number of aliphatic hydroxyl groups excluding tert-OH is 1. The Morgan fingerprint density at radius 3 is 1.78 bits per heavy atom. The van der Waals surface area contributed by atoms with Gasteiger partial charge in [0, 0.05) is 6.42 Å². The van der Waals surface area contributed by atoms with Gasteiger partial charge < -0.3 is 14.0 Å². The van der Waals surface area contributed by atoms with E-state index in [1.54, 1.807) is 0 Å². The van der Waals surface area contributed by atoms with Crippen LogP contribution in [0.4, 0.5) is 0 Å². The SMILES string of the molecule is C=C1C(=CCO)C[C@@H](O[Si](C)(C)C(C)(C)C)C[C@@H]1O[Si](c1ccccc1)(c1ccccc1)C(C)(C)C. The normalized spacial score (nSPS) is 21.1. The van der Waals surface area contributed by atoms with E-state index in [4.69, 9.17) is 8.85 Å². The van der Waals surface area contributed by atoms with Crippen molar-refractivity contribution in [2.45, 2.75) is 89.8 Å². The van der Waals surface area contributed by atoms with E-state index in [1.807, 2.05) is 6.08 Å². The first-order chi connectivity index (χ1) is 16.7. The van der Waals surface area contributed by atoms with Crippen LogP contribution in [0.25, 0.3) is 0 Å². The molecular formula is C31H46O3Si2. The Kier molecular flexibility index (Phi) is 8.74. The lowest BCUT2D eigenvalue weighted by atomic mass is 9.86. The molecule has 1 aliphatic carbocycles. The summed E-state index contributed by atoms with van der Waals surface area (Å²) in [5.74, 6) is 0. The second-order valence-corrected chi connectivity index (χ2v) is 21.7. The predicted molar refractivity (Wildman–Crippen MR) is 158 cm³/mol. The number of rotatable bonds is 7. The van der Waals surface area contributed by atoms with E-state index in [-0.39, 0.29) is 28.9 Å². The predicted octanol–water partition coefficient (Wildman–Crippen LogP) is 6.59. The Morgan fingerprint density at radius 2 is 1.36 bits per heavy atom. The summed E-state index contributed by atoms with van der Waals surface area (Å²) in [6.07, 6.45) is 3.30. The number of hydrogen-bond acceptors (Lipinski definition) is 3. The summed E-state index contributed by atoms with van der Waals surface area (Å²) in [5, 5.41) is 12.3. The topological polar surface area (TPSA) is 38.7 Å². The fraction of sp³-hybridized carbons (Fsp3) is 0.484. The summed E-state index contributed by atoms with van der Waals surface area (Å²) in [7, 11) is -4.73. The van der Waals surface area contributed by atoms with E-state index >= 15 is 0 Å². The van der Waals surface area contributed by atoms with Crippen molar-refractivity contribution in [2.24, 2.45) is 0 Å². The molecule has 5 heteroatoms. The van der Waals surface area contributed by atoms with Crippen molar-refractivity contribution in [3.63, 3.8) is 0 Å². The first kappa shape index (κ1) is 28.8. The van der Waals surface area contributed by atoms with Gasteiger partial charge in [-0.15, -0.1) is 0 Å². The second-order valence-electron chi connectivity index (χ2n) is 12.6. The van der Waals surface area contributed by atoms with Gasteiger partial charge in [-0.2, -0.15) is 0 Å². The third-order valence-electron chi connectivity index (χ3n) is 8.07. The second kappa shape index (κ2) is 10.9. The largest absolute Gasteiger partial charge is 0.413 e. The molecule has 0 aliphatic heterocycles. The third-order valence-corrected chi connectivity index (χ3v) is 17.6. The molecule has 0 spiro atoms. The summed E-state index contributed by atoms with van der Waals surface area (Å²) < 4.78 is 14.4. The zero-order chi connectivity index (χ0) is 26.8. The fourth-order valence-electron chi connectivity index (χ4n) is 5.08. The summed E-state index contributed by atoms with van der Waals surface area (Å²) in [5.41, 5.74) is 2.04. The van der Waals surface area contributed by atoms with Crippen LogP contribution in [0.5, 0.6) is 0 Å². The molecular weight excluding hydrogens is 477 g/mol. The Morgan fingerprint density at radius 1 is 0.861 bits per heavy atom. The van der Waals surface area contributed by atoms with Gasteiger partial charge in [0.05, 0.1) is 18.8 Å². The van der Waals surface area contributed by atoms with Crippen molar-refractivity contribution in [3.8, 4) is 0 Å². The molecule has 0 aromatic heterocycles. The molecule has 3 rings (SSSR count). The van der Waals surface area contributed by atoms with E-state index in [2.05, 4.69) is 122 Å². The quantitative estimate of drug-likeness (QED) is 0.417. The monoisotopic (exact) mass is 522 g/mol. The van der Waals surface area contributed by atoms with E-state index in [1.165, 1.54) is 10.4 Å². The molecule has 2 aromatic rings. The molecule has 1 saturated carbocycles. The zero-order valence-corrected chi connectivity index (χ0v) is 25.6. The average Bonchev–Trinajstić information content (AvgIpc) is 2.79. The lowest BCUT2D eigenvalue weighted by molar-refractivity contribution is 0.0989. The van der Waals surface area contributed by atoms with Crippen LogP contribution in [0, 0.1) is 0 Å². The minimum Gasteiger partial charge on any atom is -0.413 e. The van der Waals surface area contributed by atoms with Crippen molar-refractivity contribution in [1.29, 1.82) is 0 Å². The van der Waals surface area contributed by atoms with Gasteiger partial charge in [0.25, 0.3) is 8.32 Å². The summed E-state index contributed by atoms with van der Waals surface area (Å²) in [6, 6.07) is 21.5. The van der Waals surface area contributed by atoms with Crippen LogP contribution in [-0.4, -0.2) is 40.6 Å². The Labute approximate surface area is 221 Å². The maximum absolute atomic E-state index is 9.81. The molecule has 1 N–H and O–H groups in total. The highest BCUT2D eigenvalue weighted by atomic mass is 28.4. The van der Waals surface area contributed by atoms with Gasteiger partial charge in [-0.05, 0) is 51.1 Å². The van der Waals surface area contributed by atoms with Crippen LogP contribution in [0.2, 0.25) is 23.2 Å². The first-order valence-corrected chi connectivity index (χ1v) is 18.0. The molecule has 0 unspecified atom stereocenters.